The fraction of sp³-hybridized carbons (Fsp3) is 0.280. The summed E-state index contributed by atoms with van der Waals surface area (Å²) in [6.07, 6.45) is 5.90. The molecule has 2 aliphatic carbocycles. The molecule has 0 amide bonds. The molecule has 0 bridgehead atoms. The van der Waals surface area contributed by atoms with E-state index in [0.717, 1.165) is 37.3 Å². The number of benzene rings is 2. The average molecular weight is 381 g/mol. The Morgan fingerprint density at radius 1 is 1.03 bits per heavy atom. The lowest BCUT2D eigenvalue weighted by molar-refractivity contribution is 0.225. The van der Waals surface area contributed by atoms with E-state index in [9.17, 15) is 0 Å². The molecule has 0 radical (unpaired) electrons. The molecule has 0 N–H and O–H groups in total. The molecule has 0 saturated heterocycles. The normalized spacial score (nSPS) is 22.6. The minimum atomic E-state index is -0.127. The van der Waals surface area contributed by atoms with Gasteiger partial charge in [-0.1, -0.05) is 53.7 Å². The van der Waals surface area contributed by atoms with E-state index >= 15 is 0 Å². The molecule has 0 saturated carbocycles. The zero-order valence-electron chi connectivity index (χ0n) is 16.5. The Morgan fingerprint density at radius 2 is 1.79 bits per heavy atom. The van der Waals surface area contributed by atoms with Crippen molar-refractivity contribution in [3.63, 3.8) is 0 Å². The fourth-order valence-corrected chi connectivity index (χ4v) is 5.67. The molecule has 4 aromatic rings. The summed E-state index contributed by atoms with van der Waals surface area (Å²) >= 11 is 0. The Kier molecular flexibility index (Phi) is 3.58. The summed E-state index contributed by atoms with van der Waals surface area (Å²) in [6, 6.07) is 21.6. The molecule has 29 heavy (non-hydrogen) atoms. The van der Waals surface area contributed by atoms with Crippen LogP contribution in [0.3, 0.4) is 0 Å². The van der Waals surface area contributed by atoms with Crippen LogP contribution in [0, 0.1) is 12.8 Å². The van der Waals surface area contributed by atoms with Crippen LogP contribution in [-0.2, 0) is 24.7 Å². The second kappa shape index (κ2) is 6.18. The van der Waals surface area contributed by atoms with Gasteiger partial charge in [-0.25, -0.2) is 4.98 Å². The maximum Gasteiger partial charge on any atom is 0.140 e. The molecule has 0 spiro atoms. The van der Waals surface area contributed by atoms with Crippen LogP contribution in [0.2, 0.25) is 0 Å². The second-order valence-corrected chi connectivity index (χ2v) is 8.35. The molecular weight excluding hydrogens is 358 g/mol. The van der Waals surface area contributed by atoms with Gasteiger partial charge in [0.15, 0.2) is 0 Å². The van der Waals surface area contributed by atoms with Crippen LogP contribution in [-0.4, -0.2) is 14.7 Å². The molecule has 6 rings (SSSR count). The number of para-hydroxylation sites is 1. The molecule has 144 valence electrons. The van der Waals surface area contributed by atoms with E-state index in [4.69, 9.17) is 9.51 Å². The SMILES string of the molecule is Cc1nc2c(n1-c1ccccc1)CCC1Cc3oncc3C[C@]21c1ccccc1. The van der Waals surface area contributed by atoms with Gasteiger partial charge in [-0.3, -0.25) is 0 Å². The van der Waals surface area contributed by atoms with Crippen LogP contribution in [0.5, 0.6) is 0 Å². The summed E-state index contributed by atoms with van der Waals surface area (Å²) in [5, 5.41) is 4.11. The van der Waals surface area contributed by atoms with Gasteiger partial charge in [0.1, 0.15) is 11.6 Å². The zero-order valence-corrected chi connectivity index (χ0v) is 16.5. The highest BCUT2D eigenvalue weighted by Crippen LogP contribution is 2.52. The highest BCUT2D eigenvalue weighted by molar-refractivity contribution is 5.49. The monoisotopic (exact) mass is 381 g/mol. The molecule has 1 unspecified atom stereocenters. The summed E-state index contributed by atoms with van der Waals surface area (Å²) in [5.41, 5.74) is 6.25. The Morgan fingerprint density at radius 3 is 2.59 bits per heavy atom. The fourth-order valence-electron chi connectivity index (χ4n) is 5.67. The van der Waals surface area contributed by atoms with E-state index in [1.165, 1.54) is 28.2 Å². The quantitative estimate of drug-likeness (QED) is 0.500. The van der Waals surface area contributed by atoms with Crippen LogP contribution in [0.15, 0.2) is 71.4 Å². The van der Waals surface area contributed by atoms with E-state index in [1.54, 1.807) is 0 Å². The van der Waals surface area contributed by atoms with Crippen LogP contribution in [0.4, 0.5) is 0 Å². The van der Waals surface area contributed by atoms with Gasteiger partial charge in [-0.05, 0) is 49.8 Å². The van der Waals surface area contributed by atoms with Gasteiger partial charge in [0.25, 0.3) is 0 Å². The third-order valence-corrected chi connectivity index (χ3v) is 6.92. The van der Waals surface area contributed by atoms with Gasteiger partial charge in [0, 0.05) is 28.8 Å². The number of hydrogen-bond donors (Lipinski definition) is 0. The highest BCUT2D eigenvalue weighted by Gasteiger charge is 2.52. The predicted octanol–water partition coefficient (Wildman–Crippen LogP) is 4.82. The lowest BCUT2D eigenvalue weighted by Crippen LogP contribution is -2.46. The van der Waals surface area contributed by atoms with Crippen molar-refractivity contribution in [3.05, 3.63) is 101 Å². The first-order valence-corrected chi connectivity index (χ1v) is 10.4. The molecule has 4 heteroatoms. The molecular formula is C25H23N3O. The van der Waals surface area contributed by atoms with Crippen molar-refractivity contribution >= 4 is 0 Å². The first-order chi connectivity index (χ1) is 14.3. The van der Waals surface area contributed by atoms with Crippen LogP contribution in [0.1, 0.15) is 40.5 Å². The Balaban J connectivity index is 1.63. The third kappa shape index (κ3) is 2.32. The van der Waals surface area contributed by atoms with Gasteiger partial charge in [0.05, 0.1) is 11.9 Å². The van der Waals surface area contributed by atoms with Crippen LogP contribution in [0.25, 0.3) is 5.69 Å². The molecule has 2 heterocycles. The van der Waals surface area contributed by atoms with Crippen molar-refractivity contribution in [3.8, 4) is 5.69 Å². The van der Waals surface area contributed by atoms with E-state index in [2.05, 4.69) is 77.3 Å². The number of aromatic nitrogens is 3. The lowest BCUT2D eigenvalue weighted by atomic mass is 9.56. The average Bonchev–Trinajstić information content (AvgIpc) is 3.36. The second-order valence-electron chi connectivity index (χ2n) is 8.35. The van der Waals surface area contributed by atoms with Gasteiger partial charge in [-0.2, -0.15) is 0 Å². The molecule has 0 aliphatic heterocycles. The number of aryl methyl sites for hydroxylation is 1. The van der Waals surface area contributed by atoms with Crippen LogP contribution < -0.4 is 0 Å². The standard InChI is InChI=1S/C25H23N3O/c1-17-27-24-22(28(17)21-10-6-3-7-11-21)13-12-20-14-23-18(16-26-29-23)15-25(20,24)19-8-4-2-5-9-19/h2-11,16,20H,12-15H2,1H3/t20?,25-/m1/s1. The highest BCUT2D eigenvalue weighted by atomic mass is 16.5. The number of fused-ring (bicyclic) bond motifs is 4. The Bertz CT molecular complexity index is 1180. The molecule has 2 atom stereocenters. The Labute approximate surface area is 170 Å². The summed E-state index contributed by atoms with van der Waals surface area (Å²) in [4.78, 5) is 5.23. The third-order valence-electron chi connectivity index (χ3n) is 6.92. The Hall–Kier alpha value is -3.14. The van der Waals surface area contributed by atoms with E-state index in [-0.39, 0.29) is 5.41 Å². The maximum atomic E-state index is 5.60. The summed E-state index contributed by atoms with van der Waals surface area (Å²) < 4.78 is 7.96. The van der Waals surface area contributed by atoms with Gasteiger partial charge >= 0.3 is 0 Å². The molecule has 2 aliphatic rings. The van der Waals surface area contributed by atoms with Crippen molar-refractivity contribution in [2.75, 3.05) is 0 Å². The van der Waals surface area contributed by atoms with Crippen LogP contribution >= 0.6 is 0 Å². The summed E-state index contributed by atoms with van der Waals surface area (Å²) in [5.74, 6) is 2.59. The molecule has 2 aromatic heterocycles. The largest absolute Gasteiger partial charge is 0.361 e. The van der Waals surface area contributed by atoms with E-state index in [1.807, 2.05) is 6.20 Å². The predicted molar refractivity (Wildman–Crippen MR) is 111 cm³/mol. The maximum absolute atomic E-state index is 5.60. The van der Waals surface area contributed by atoms with Gasteiger partial charge < -0.3 is 9.09 Å². The first-order valence-electron chi connectivity index (χ1n) is 10.4. The number of nitrogens with zero attached hydrogens (tertiary/aromatic N) is 3. The topological polar surface area (TPSA) is 43.9 Å². The van der Waals surface area contributed by atoms with Crippen molar-refractivity contribution in [2.24, 2.45) is 5.92 Å². The molecule has 4 nitrogen and oxygen atoms in total. The summed E-state index contributed by atoms with van der Waals surface area (Å²) in [6.45, 7) is 2.13. The first kappa shape index (κ1) is 16.8. The summed E-state index contributed by atoms with van der Waals surface area (Å²) in [7, 11) is 0. The minimum absolute atomic E-state index is 0.127. The van der Waals surface area contributed by atoms with E-state index < -0.39 is 0 Å². The lowest BCUT2D eigenvalue weighted by Gasteiger charge is -2.46. The van der Waals surface area contributed by atoms with Crippen molar-refractivity contribution < 1.29 is 4.52 Å². The van der Waals surface area contributed by atoms with Crippen molar-refractivity contribution in [1.29, 1.82) is 0 Å². The number of rotatable bonds is 2. The van der Waals surface area contributed by atoms with Gasteiger partial charge in [-0.15, -0.1) is 0 Å². The number of hydrogen-bond acceptors (Lipinski definition) is 3. The van der Waals surface area contributed by atoms with Gasteiger partial charge in [0.2, 0.25) is 0 Å². The molecule has 2 aromatic carbocycles. The minimum Gasteiger partial charge on any atom is -0.361 e. The molecule has 0 fully saturated rings. The van der Waals surface area contributed by atoms with Crippen molar-refractivity contribution in [1.82, 2.24) is 14.7 Å². The number of imidazole rings is 1. The smallest absolute Gasteiger partial charge is 0.140 e. The van der Waals surface area contributed by atoms with Crippen molar-refractivity contribution in [2.45, 2.75) is 38.0 Å². The van der Waals surface area contributed by atoms with E-state index in [0.29, 0.717) is 5.92 Å². The zero-order chi connectivity index (χ0) is 19.4.